The molecule has 15 heavy (non-hydrogen) atoms. The van der Waals surface area contributed by atoms with Gasteiger partial charge in [0.25, 0.3) is 5.69 Å². The van der Waals surface area contributed by atoms with Gasteiger partial charge in [-0.3, -0.25) is 10.1 Å². The Labute approximate surface area is 86.6 Å². The molecule has 0 atom stereocenters. The number of ether oxygens (including phenoxy) is 1. The molecule has 1 saturated heterocycles. The van der Waals surface area contributed by atoms with Gasteiger partial charge in [-0.15, -0.1) is 0 Å². The maximum atomic E-state index is 10.4. The molecule has 2 rings (SSSR count). The van der Waals surface area contributed by atoms with Crippen LogP contribution < -0.4 is 4.90 Å². The van der Waals surface area contributed by atoms with Gasteiger partial charge in [-0.2, -0.15) is 0 Å². The predicted octanol–water partition coefficient (Wildman–Crippen LogP) is 0.825. The highest BCUT2D eigenvalue weighted by Gasteiger charge is 2.27. The van der Waals surface area contributed by atoms with Crippen LogP contribution in [0.2, 0.25) is 0 Å². The average Bonchev–Trinajstić information content (AvgIpc) is 2.17. The second-order valence-corrected chi connectivity index (χ2v) is 3.39. The van der Waals surface area contributed by atoms with Gasteiger partial charge in [0, 0.05) is 26.3 Å². The van der Waals surface area contributed by atoms with E-state index in [9.17, 15) is 10.1 Å². The number of hydrogen-bond donors (Lipinski definition) is 0. The lowest BCUT2D eigenvalue weighted by Gasteiger charge is -2.38. The van der Waals surface area contributed by atoms with E-state index in [1.165, 1.54) is 12.3 Å². The van der Waals surface area contributed by atoms with Gasteiger partial charge in [0.15, 0.2) is 0 Å². The third-order valence-corrected chi connectivity index (χ3v) is 2.45. The fourth-order valence-corrected chi connectivity index (χ4v) is 1.45. The molecule has 0 amide bonds. The summed E-state index contributed by atoms with van der Waals surface area (Å²) in [5.41, 5.74) is 0.0163. The quantitative estimate of drug-likeness (QED) is 0.544. The average molecular weight is 209 g/mol. The molecule has 0 N–H and O–H groups in total. The Morgan fingerprint density at radius 3 is 2.80 bits per heavy atom. The Morgan fingerprint density at radius 2 is 2.33 bits per heavy atom. The molecule has 6 heteroatoms. The Hall–Kier alpha value is -1.69. The van der Waals surface area contributed by atoms with Crippen molar-refractivity contribution in [3.63, 3.8) is 0 Å². The highest BCUT2D eigenvalue weighted by molar-refractivity contribution is 5.45. The van der Waals surface area contributed by atoms with E-state index in [4.69, 9.17) is 4.74 Å². The summed E-state index contributed by atoms with van der Waals surface area (Å²) in [6.07, 6.45) is 1.53. The molecule has 80 valence electrons. The zero-order valence-corrected chi connectivity index (χ0v) is 8.29. The molecule has 0 aliphatic carbocycles. The number of nitro groups is 1. The van der Waals surface area contributed by atoms with Crippen LogP contribution in [0.25, 0.3) is 0 Å². The normalized spacial score (nSPS) is 16.2. The summed E-state index contributed by atoms with van der Waals surface area (Å²) < 4.78 is 5.12. The van der Waals surface area contributed by atoms with Crippen molar-refractivity contribution in [3.8, 4) is 0 Å². The molecule has 0 aromatic carbocycles. The Morgan fingerprint density at radius 1 is 1.60 bits per heavy atom. The second kappa shape index (κ2) is 3.82. The van der Waals surface area contributed by atoms with Crippen LogP contribution >= 0.6 is 0 Å². The molecule has 0 bridgehead atoms. The van der Waals surface area contributed by atoms with Crippen molar-refractivity contribution < 1.29 is 9.66 Å². The van der Waals surface area contributed by atoms with E-state index in [0.717, 1.165) is 18.9 Å². The topological polar surface area (TPSA) is 68.5 Å². The maximum absolute atomic E-state index is 10.4. The Balaban J connectivity index is 2.02. The van der Waals surface area contributed by atoms with E-state index in [1.54, 1.807) is 13.2 Å². The molecular formula is C9H11N3O3. The summed E-state index contributed by atoms with van der Waals surface area (Å²) >= 11 is 0. The number of hydrogen-bond acceptors (Lipinski definition) is 5. The second-order valence-electron chi connectivity index (χ2n) is 3.39. The fraction of sp³-hybridized carbons (Fsp3) is 0.444. The summed E-state index contributed by atoms with van der Waals surface area (Å²) in [5.74, 6) is 0.758. The van der Waals surface area contributed by atoms with E-state index >= 15 is 0 Å². The molecule has 6 nitrogen and oxygen atoms in total. The fourth-order valence-electron chi connectivity index (χ4n) is 1.45. The number of methoxy groups -OCH3 is 1. The summed E-state index contributed by atoms with van der Waals surface area (Å²) in [5, 5.41) is 10.4. The van der Waals surface area contributed by atoms with Gasteiger partial charge in [-0.05, 0) is 6.07 Å². The molecule has 0 unspecified atom stereocenters. The van der Waals surface area contributed by atoms with E-state index in [0.29, 0.717) is 0 Å². The predicted molar refractivity (Wildman–Crippen MR) is 53.9 cm³/mol. The third-order valence-electron chi connectivity index (χ3n) is 2.45. The zero-order chi connectivity index (χ0) is 10.8. The monoisotopic (exact) mass is 209 g/mol. The molecule has 0 spiro atoms. The minimum absolute atomic E-state index is 0.0163. The lowest BCUT2D eigenvalue weighted by molar-refractivity contribution is -0.385. The van der Waals surface area contributed by atoms with Gasteiger partial charge < -0.3 is 9.64 Å². The number of pyridine rings is 1. The number of rotatable bonds is 3. The van der Waals surface area contributed by atoms with Crippen LogP contribution in [0, 0.1) is 10.1 Å². The maximum Gasteiger partial charge on any atom is 0.287 e. The lowest BCUT2D eigenvalue weighted by atomic mass is 10.1. The summed E-state index contributed by atoms with van der Waals surface area (Å²) in [6.45, 7) is 1.59. The summed E-state index contributed by atoms with van der Waals surface area (Å²) in [4.78, 5) is 16.0. The van der Waals surface area contributed by atoms with Crippen molar-refractivity contribution in [1.29, 1.82) is 0 Å². The number of nitrogens with zero attached hydrogens (tertiary/aromatic N) is 3. The first-order valence-corrected chi connectivity index (χ1v) is 4.59. The lowest BCUT2D eigenvalue weighted by Crippen LogP contribution is -2.52. The molecule has 0 saturated carbocycles. The van der Waals surface area contributed by atoms with Crippen molar-refractivity contribution in [3.05, 3.63) is 28.4 Å². The molecule has 1 fully saturated rings. The van der Waals surface area contributed by atoms with Crippen LogP contribution in [0.5, 0.6) is 0 Å². The van der Waals surface area contributed by atoms with Crippen LogP contribution in [-0.4, -0.2) is 36.2 Å². The summed E-state index contributed by atoms with van der Waals surface area (Å²) in [7, 11) is 1.67. The van der Waals surface area contributed by atoms with Gasteiger partial charge in [-0.1, -0.05) is 0 Å². The van der Waals surface area contributed by atoms with Gasteiger partial charge in [0.05, 0.1) is 11.0 Å². The molecular weight excluding hydrogens is 198 g/mol. The van der Waals surface area contributed by atoms with Crippen molar-refractivity contribution >= 4 is 11.5 Å². The molecule has 1 aromatic heterocycles. The van der Waals surface area contributed by atoms with Gasteiger partial charge in [-0.25, -0.2) is 4.98 Å². The molecule has 1 aliphatic heterocycles. The molecule has 1 aliphatic rings. The third kappa shape index (κ3) is 1.89. The van der Waals surface area contributed by atoms with Gasteiger partial charge in [0.1, 0.15) is 12.0 Å². The van der Waals surface area contributed by atoms with Crippen molar-refractivity contribution in [2.75, 3.05) is 25.1 Å². The van der Waals surface area contributed by atoms with E-state index in [1.807, 2.05) is 4.90 Å². The largest absolute Gasteiger partial charge is 0.378 e. The standard InChI is InChI=1S/C9H11N3O3/c1-15-8-5-11(6-8)9-3-2-7(4-10-9)12(13)14/h2-4,8H,5-6H2,1H3. The minimum Gasteiger partial charge on any atom is -0.378 e. The number of anilines is 1. The van der Waals surface area contributed by atoms with E-state index in [-0.39, 0.29) is 11.8 Å². The highest BCUT2D eigenvalue weighted by Crippen LogP contribution is 2.21. The van der Waals surface area contributed by atoms with Gasteiger partial charge in [0.2, 0.25) is 0 Å². The molecule has 2 heterocycles. The van der Waals surface area contributed by atoms with Crippen LogP contribution in [0.3, 0.4) is 0 Å². The minimum atomic E-state index is -0.454. The first-order chi connectivity index (χ1) is 7.20. The smallest absolute Gasteiger partial charge is 0.287 e. The first-order valence-electron chi connectivity index (χ1n) is 4.59. The first kappa shape index (κ1) is 9.85. The van der Waals surface area contributed by atoms with Crippen LogP contribution in [0.1, 0.15) is 0 Å². The highest BCUT2D eigenvalue weighted by atomic mass is 16.6. The molecule has 1 aromatic rings. The number of aromatic nitrogens is 1. The van der Waals surface area contributed by atoms with E-state index < -0.39 is 4.92 Å². The van der Waals surface area contributed by atoms with Crippen molar-refractivity contribution in [2.24, 2.45) is 0 Å². The Bertz CT molecular complexity index is 359. The zero-order valence-electron chi connectivity index (χ0n) is 8.29. The van der Waals surface area contributed by atoms with Crippen LogP contribution in [0.15, 0.2) is 18.3 Å². The van der Waals surface area contributed by atoms with Crippen molar-refractivity contribution in [2.45, 2.75) is 6.10 Å². The van der Waals surface area contributed by atoms with Gasteiger partial charge >= 0.3 is 0 Å². The van der Waals surface area contributed by atoms with Crippen LogP contribution in [0.4, 0.5) is 11.5 Å². The van der Waals surface area contributed by atoms with Crippen LogP contribution in [-0.2, 0) is 4.74 Å². The summed E-state index contributed by atoms with van der Waals surface area (Å²) in [6, 6.07) is 3.12. The molecule has 0 radical (unpaired) electrons. The SMILES string of the molecule is COC1CN(c2ccc([N+](=O)[O-])cn2)C1. The van der Waals surface area contributed by atoms with Crippen molar-refractivity contribution in [1.82, 2.24) is 4.98 Å². The Kier molecular flexibility index (Phi) is 2.51. The van der Waals surface area contributed by atoms with E-state index in [2.05, 4.69) is 4.98 Å².